The third-order valence-electron chi connectivity index (χ3n) is 4.33. The molecule has 0 aliphatic carbocycles. The zero-order valence-corrected chi connectivity index (χ0v) is 15.3. The van der Waals surface area contributed by atoms with Crippen molar-refractivity contribution in [1.29, 1.82) is 5.26 Å². The lowest BCUT2D eigenvalue weighted by molar-refractivity contribution is 0.235. The van der Waals surface area contributed by atoms with Crippen molar-refractivity contribution in [1.82, 2.24) is 14.9 Å². The van der Waals surface area contributed by atoms with E-state index in [-0.39, 0.29) is 11.1 Å². The zero-order chi connectivity index (χ0) is 19.3. The first-order valence-electron chi connectivity index (χ1n) is 8.49. The van der Waals surface area contributed by atoms with Crippen molar-refractivity contribution in [2.75, 3.05) is 0 Å². The molecule has 0 unspecified atom stereocenters. The summed E-state index contributed by atoms with van der Waals surface area (Å²) in [5.74, 6) is 0.336. The van der Waals surface area contributed by atoms with E-state index < -0.39 is 11.8 Å². The molecule has 1 aromatic carbocycles. The van der Waals surface area contributed by atoms with Gasteiger partial charge in [-0.05, 0) is 57.7 Å². The molecule has 6 nitrogen and oxygen atoms in total. The second kappa shape index (κ2) is 8.00. The molecule has 7 heteroatoms. The zero-order valence-electron chi connectivity index (χ0n) is 15.3. The molecule has 0 saturated heterocycles. The molecule has 1 aromatic heterocycles. The maximum Gasteiger partial charge on any atom is 0.312 e. The lowest BCUT2D eigenvalue weighted by atomic mass is 9.97. The van der Waals surface area contributed by atoms with Crippen LogP contribution in [0.2, 0.25) is 0 Å². The van der Waals surface area contributed by atoms with Crippen molar-refractivity contribution in [3.63, 3.8) is 0 Å². The Balaban J connectivity index is 2.06. The number of hydrogen-bond donors (Lipinski definition) is 2. The summed E-state index contributed by atoms with van der Waals surface area (Å²) in [4.78, 5) is 15.4. The van der Waals surface area contributed by atoms with Gasteiger partial charge in [-0.1, -0.05) is 6.07 Å². The number of benzene rings is 1. The number of nitrogens with zero attached hydrogens (tertiary/aromatic N) is 3. The number of halogens is 1. The Bertz CT molecular complexity index is 835. The monoisotopic (exact) mass is 357 g/mol. The number of primary amides is 1. The molecule has 26 heavy (non-hydrogen) atoms. The molecule has 2 aromatic rings. The van der Waals surface area contributed by atoms with Gasteiger partial charge in [0.2, 0.25) is 0 Å². The van der Waals surface area contributed by atoms with Gasteiger partial charge in [-0.2, -0.15) is 5.26 Å². The number of carbonyl (C=O) groups is 1. The number of urea groups is 1. The van der Waals surface area contributed by atoms with Crippen LogP contribution in [0, 0.1) is 24.1 Å². The smallest absolute Gasteiger partial charge is 0.312 e. The topological polar surface area (TPSA) is 96.7 Å². The van der Waals surface area contributed by atoms with Crippen molar-refractivity contribution in [2.45, 2.75) is 52.1 Å². The van der Waals surface area contributed by atoms with Gasteiger partial charge < -0.3 is 15.6 Å². The van der Waals surface area contributed by atoms with E-state index in [0.717, 1.165) is 36.3 Å². The summed E-state index contributed by atoms with van der Waals surface area (Å²) >= 11 is 0. The van der Waals surface area contributed by atoms with Gasteiger partial charge in [-0.3, -0.25) is 0 Å². The van der Waals surface area contributed by atoms with Crippen molar-refractivity contribution < 1.29 is 9.18 Å². The highest BCUT2D eigenvalue weighted by molar-refractivity contribution is 5.72. The van der Waals surface area contributed by atoms with Crippen molar-refractivity contribution in [3.05, 3.63) is 52.9 Å². The van der Waals surface area contributed by atoms with Gasteiger partial charge in [0.25, 0.3) is 0 Å². The van der Waals surface area contributed by atoms with E-state index in [9.17, 15) is 9.18 Å². The predicted octanol–water partition coefficient (Wildman–Crippen LogP) is 3.02. The van der Waals surface area contributed by atoms with E-state index in [2.05, 4.69) is 10.3 Å². The second-order valence-corrected chi connectivity index (χ2v) is 7.04. The molecular formula is C19H24FN5O. The minimum Gasteiger partial charge on any atom is -0.352 e. The molecule has 0 spiro atoms. The SMILES string of the molecule is Cc1ncc(CCCC(C)(C)NC(N)=O)n1Cc1ccc(C#N)c(F)c1. The molecule has 0 bridgehead atoms. The Labute approximate surface area is 152 Å². The maximum atomic E-state index is 13.8. The van der Waals surface area contributed by atoms with Crippen LogP contribution in [-0.2, 0) is 13.0 Å². The summed E-state index contributed by atoms with van der Waals surface area (Å²) in [6, 6.07) is 5.94. The average molecular weight is 357 g/mol. The number of aromatic nitrogens is 2. The number of imidazole rings is 1. The standard InChI is InChI=1S/C19H24FN5O/c1-13-23-11-16(5-4-8-19(2,3)24-18(22)26)25(13)12-14-6-7-15(10-21)17(20)9-14/h6-7,9,11H,4-5,8,12H2,1-3H3,(H3,22,24,26). The first kappa shape index (κ1) is 19.4. The number of amides is 2. The Morgan fingerprint density at radius 3 is 2.81 bits per heavy atom. The highest BCUT2D eigenvalue weighted by Gasteiger charge is 2.19. The number of carbonyl (C=O) groups excluding carboxylic acids is 1. The molecule has 1 heterocycles. The fraction of sp³-hybridized carbons (Fsp3) is 0.421. The van der Waals surface area contributed by atoms with Crippen LogP contribution in [-0.4, -0.2) is 21.1 Å². The molecule has 0 aliphatic rings. The molecule has 0 radical (unpaired) electrons. The second-order valence-electron chi connectivity index (χ2n) is 7.04. The van der Waals surface area contributed by atoms with E-state index in [1.807, 2.05) is 37.6 Å². The summed E-state index contributed by atoms with van der Waals surface area (Å²) in [6.45, 7) is 6.26. The number of nitrogens with one attached hydrogen (secondary N) is 1. The van der Waals surface area contributed by atoms with Crippen LogP contribution in [0.4, 0.5) is 9.18 Å². The van der Waals surface area contributed by atoms with Gasteiger partial charge in [0.15, 0.2) is 0 Å². The lowest BCUT2D eigenvalue weighted by Crippen LogP contribution is -2.46. The average Bonchev–Trinajstić information content (AvgIpc) is 2.87. The lowest BCUT2D eigenvalue weighted by Gasteiger charge is -2.25. The normalized spacial score (nSPS) is 11.2. The summed E-state index contributed by atoms with van der Waals surface area (Å²) in [5, 5.41) is 11.6. The molecule has 138 valence electrons. The minimum absolute atomic E-state index is 0.0421. The summed E-state index contributed by atoms with van der Waals surface area (Å²) in [5.41, 5.74) is 6.68. The third kappa shape index (κ3) is 5.06. The van der Waals surface area contributed by atoms with Crippen LogP contribution in [0.5, 0.6) is 0 Å². The minimum atomic E-state index is -0.529. The number of nitrogens with two attached hydrogens (primary N) is 1. The quantitative estimate of drug-likeness (QED) is 0.797. The number of rotatable bonds is 7. The number of hydrogen-bond acceptors (Lipinski definition) is 3. The van der Waals surface area contributed by atoms with Gasteiger partial charge in [0.1, 0.15) is 17.7 Å². The molecule has 0 saturated carbocycles. The summed E-state index contributed by atoms with van der Waals surface area (Å²) < 4.78 is 15.9. The first-order chi connectivity index (χ1) is 12.2. The molecule has 0 atom stereocenters. The van der Waals surface area contributed by atoms with Gasteiger partial charge >= 0.3 is 6.03 Å². The van der Waals surface area contributed by atoms with Gasteiger partial charge in [0.05, 0.1) is 5.56 Å². The predicted molar refractivity (Wildman–Crippen MR) is 96.9 cm³/mol. The molecule has 2 rings (SSSR count). The fourth-order valence-electron chi connectivity index (χ4n) is 2.97. The van der Waals surface area contributed by atoms with Crippen LogP contribution in [0.15, 0.2) is 24.4 Å². The molecular weight excluding hydrogens is 333 g/mol. The number of aryl methyl sites for hydroxylation is 2. The summed E-state index contributed by atoms with van der Waals surface area (Å²) in [6.07, 6.45) is 4.22. The van der Waals surface area contributed by atoms with E-state index in [1.165, 1.54) is 12.1 Å². The van der Waals surface area contributed by atoms with Gasteiger partial charge in [-0.25, -0.2) is 14.2 Å². The van der Waals surface area contributed by atoms with E-state index in [0.29, 0.717) is 6.54 Å². The van der Waals surface area contributed by atoms with Crippen LogP contribution < -0.4 is 11.1 Å². The summed E-state index contributed by atoms with van der Waals surface area (Å²) in [7, 11) is 0. The van der Waals surface area contributed by atoms with E-state index >= 15 is 0 Å². The van der Waals surface area contributed by atoms with Crippen LogP contribution in [0.3, 0.4) is 0 Å². The van der Waals surface area contributed by atoms with Crippen LogP contribution in [0.1, 0.15) is 49.3 Å². The van der Waals surface area contributed by atoms with E-state index in [4.69, 9.17) is 11.0 Å². The highest BCUT2D eigenvalue weighted by Crippen LogP contribution is 2.17. The number of nitriles is 1. The van der Waals surface area contributed by atoms with Crippen molar-refractivity contribution in [3.8, 4) is 6.07 Å². The van der Waals surface area contributed by atoms with Crippen LogP contribution >= 0.6 is 0 Å². The molecule has 3 N–H and O–H groups in total. The molecule has 2 amide bonds. The molecule has 0 aliphatic heterocycles. The van der Waals surface area contributed by atoms with Crippen LogP contribution in [0.25, 0.3) is 0 Å². The largest absolute Gasteiger partial charge is 0.352 e. The van der Waals surface area contributed by atoms with Gasteiger partial charge in [0, 0.05) is 24.0 Å². The van der Waals surface area contributed by atoms with Gasteiger partial charge in [-0.15, -0.1) is 0 Å². The maximum absolute atomic E-state index is 13.8. The Kier molecular flexibility index (Phi) is 5.98. The van der Waals surface area contributed by atoms with Crippen molar-refractivity contribution >= 4 is 6.03 Å². The first-order valence-corrected chi connectivity index (χ1v) is 8.49. The molecule has 0 fully saturated rings. The Morgan fingerprint density at radius 1 is 1.46 bits per heavy atom. The Hall–Kier alpha value is -2.88. The Morgan fingerprint density at radius 2 is 2.19 bits per heavy atom. The van der Waals surface area contributed by atoms with Crippen molar-refractivity contribution in [2.24, 2.45) is 5.73 Å². The van der Waals surface area contributed by atoms with E-state index in [1.54, 1.807) is 6.07 Å². The fourth-order valence-corrected chi connectivity index (χ4v) is 2.97. The third-order valence-corrected chi connectivity index (χ3v) is 4.33. The highest BCUT2D eigenvalue weighted by atomic mass is 19.1.